The summed E-state index contributed by atoms with van der Waals surface area (Å²) in [6.45, 7) is 2.10. The van der Waals surface area contributed by atoms with E-state index in [1.165, 1.54) is 0 Å². The van der Waals surface area contributed by atoms with Crippen molar-refractivity contribution in [1.29, 1.82) is 0 Å². The summed E-state index contributed by atoms with van der Waals surface area (Å²) in [7, 11) is 0. The van der Waals surface area contributed by atoms with Gasteiger partial charge in [0.25, 0.3) is 0 Å². The molecule has 58 valence electrons. The molecule has 0 amide bonds. The molecule has 0 aromatic heterocycles. The molecule has 1 heterocycles. The second-order valence-corrected chi connectivity index (χ2v) is 4.73. The van der Waals surface area contributed by atoms with Crippen LogP contribution in [0, 0.1) is 5.92 Å². The fourth-order valence-electron chi connectivity index (χ4n) is 0.823. The standard InChI is InChI=1S/C6H8Cl2IN/c1-3-4(7)2-5(8)10-6(3)9/h3-4,6H,2H2,1H3/t3-,4?,6?/m0/s1. The van der Waals surface area contributed by atoms with Crippen LogP contribution in [0.2, 0.25) is 0 Å². The zero-order valence-electron chi connectivity index (χ0n) is 5.52. The predicted molar refractivity (Wildman–Crippen MR) is 54.5 cm³/mol. The van der Waals surface area contributed by atoms with Crippen molar-refractivity contribution in [1.82, 2.24) is 0 Å². The lowest BCUT2D eigenvalue weighted by atomic mass is 10.0. The summed E-state index contributed by atoms with van der Waals surface area (Å²) in [5, 5.41) is 0.824. The smallest absolute Gasteiger partial charge is 0.106 e. The van der Waals surface area contributed by atoms with Crippen molar-refractivity contribution in [2.24, 2.45) is 10.9 Å². The predicted octanol–water partition coefficient (Wildman–Crippen LogP) is 3.03. The molecular weight excluding hydrogens is 284 g/mol. The van der Waals surface area contributed by atoms with Crippen molar-refractivity contribution in [3.05, 3.63) is 0 Å². The molecular formula is C6H8Cl2IN. The Hall–Kier alpha value is 0.980. The molecule has 0 saturated heterocycles. The second-order valence-electron chi connectivity index (χ2n) is 2.46. The lowest BCUT2D eigenvalue weighted by Crippen LogP contribution is -2.27. The lowest BCUT2D eigenvalue weighted by Gasteiger charge is -2.24. The Labute approximate surface area is 84.3 Å². The second kappa shape index (κ2) is 3.59. The van der Waals surface area contributed by atoms with Crippen molar-refractivity contribution >= 4 is 51.0 Å². The number of nitrogens with zero attached hydrogens (tertiary/aromatic N) is 1. The largest absolute Gasteiger partial charge is 0.263 e. The third kappa shape index (κ3) is 1.98. The van der Waals surface area contributed by atoms with Crippen molar-refractivity contribution in [3.8, 4) is 0 Å². The maximum atomic E-state index is 5.99. The van der Waals surface area contributed by atoms with Crippen LogP contribution < -0.4 is 0 Å². The quantitative estimate of drug-likeness (QED) is 0.370. The number of rotatable bonds is 0. The molecule has 3 atom stereocenters. The number of hydrogen-bond donors (Lipinski definition) is 0. The number of hydrogen-bond acceptors (Lipinski definition) is 1. The zero-order chi connectivity index (χ0) is 7.72. The molecule has 0 N–H and O–H groups in total. The highest BCUT2D eigenvalue weighted by molar-refractivity contribution is 14.1. The zero-order valence-corrected chi connectivity index (χ0v) is 9.19. The SMILES string of the molecule is C[C@H]1C(Cl)CC(Cl)=NC1I. The summed E-state index contributed by atoms with van der Waals surface area (Å²) in [5.74, 6) is 0.435. The summed E-state index contributed by atoms with van der Waals surface area (Å²) in [6, 6.07) is 0. The van der Waals surface area contributed by atoms with Gasteiger partial charge in [-0.25, -0.2) is 0 Å². The van der Waals surface area contributed by atoms with Gasteiger partial charge in [-0.3, -0.25) is 4.99 Å². The van der Waals surface area contributed by atoms with Crippen LogP contribution in [0.4, 0.5) is 0 Å². The normalized spacial score (nSPS) is 41.2. The average molecular weight is 292 g/mol. The molecule has 10 heavy (non-hydrogen) atoms. The highest BCUT2D eigenvalue weighted by Crippen LogP contribution is 2.30. The van der Waals surface area contributed by atoms with E-state index in [4.69, 9.17) is 23.2 Å². The molecule has 1 aliphatic heterocycles. The molecule has 0 aromatic carbocycles. The molecule has 1 aliphatic rings. The Kier molecular flexibility index (Phi) is 3.25. The fourth-order valence-corrected chi connectivity index (χ4v) is 2.71. The van der Waals surface area contributed by atoms with Crippen LogP contribution in [0.5, 0.6) is 0 Å². The summed E-state index contributed by atoms with van der Waals surface area (Å²) < 4.78 is 0.251. The molecule has 0 spiro atoms. The van der Waals surface area contributed by atoms with E-state index < -0.39 is 0 Å². The van der Waals surface area contributed by atoms with Crippen molar-refractivity contribution < 1.29 is 0 Å². The van der Waals surface area contributed by atoms with E-state index in [1.807, 2.05) is 0 Å². The summed E-state index contributed by atoms with van der Waals surface area (Å²) in [5.41, 5.74) is 0. The third-order valence-corrected chi connectivity index (χ3v) is 3.85. The van der Waals surface area contributed by atoms with Gasteiger partial charge < -0.3 is 0 Å². The van der Waals surface area contributed by atoms with E-state index >= 15 is 0 Å². The van der Waals surface area contributed by atoms with E-state index in [0.717, 1.165) is 6.42 Å². The Morgan fingerprint density at radius 3 is 2.80 bits per heavy atom. The highest BCUT2D eigenvalue weighted by atomic mass is 127. The Morgan fingerprint density at radius 1 is 1.70 bits per heavy atom. The van der Waals surface area contributed by atoms with Crippen LogP contribution in [0.25, 0.3) is 0 Å². The molecule has 2 unspecified atom stereocenters. The summed E-state index contributed by atoms with van der Waals surface area (Å²) >= 11 is 14.0. The van der Waals surface area contributed by atoms with Crippen molar-refractivity contribution in [3.63, 3.8) is 0 Å². The lowest BCUT2D eigenvalue weighted by molar-refractivity contribution is 0.534. The van der Waals surface area contributed by atoms with Crippen molar-refractivity contribution in [2.45, 2.75) is 22.8 Å². The maximum Gasteiger partial charge on any atom is 0.106 e. The molecule has 0 radical (unpaired) electrons. The molecule has 0 saturated carbocycles. The van der Waals surface area contributed by atoms with Gasteiger partial charge in [-0.05, 0) is 0 Å². The molecule has 4 heteroatoms. The fraction of sp³-hybridized carbons (Fsp3) is 0.833. The minimum absolute atomic E-state index is 0.159. The molecule has 0 aromatic rings. The molecule has 0 bridgehead atoms. The van der Waals surface area contributed by atoms with Crippen LogP contribution >= 0.6 is 45.8 Å². The van der Waals surface area contributed by atoms with Crippen LogP contribution in [0.15, 0.2) is 4.99 Å². The Bertz CT molecular complexity index is 160. The van der Waals surface area contributed by atoms with Gasteiger partial charge >= 0.3 is 0 Å². The Balaban J connectivity index is 2.69. The monoisotopic (exact) mass is 291 g/mol. The van der Waals surface area contributed by atoms with Gasteiger partial charge in [0.15, 0.2) is 0 Å². The number of aliphatic imine (C=N–C) groups is 1. The number of halogens is 3. The third-order valence-electron chi connectivity index (χ3n) is 1.63. The summed E-state index contributed by atoms with van der Waals surface area (Å²) in [4.78, 5) is 4.20. The molecule has 0 fully saturated rings. The first-order valence-electron chi connectivity index (χ1n) is 3.11. The maximum absolute atomic E-state index is 5.99. The minimum Gasteiger partial charge on any atom is -0.263 e. The van der Waals surface area contributed by atoms with Gasteiger partial charge in [0.1, 0.15) is 9.22 Å². The van der Waals surface area contributed by atoms with E-state index in [0.29, 0.717) is 11.1 Å². The van der Waals surface area contributed by atoms with E-state index in [-0.39, 0.29) is 9.43 Å². The van der Waals surface area contributed by atoms with Crippen LogP contribution in [-0.4, -0.2) is 14.6 Å². The van der Waals surface area contributed by atoms with Gasteiger partial charge in [-0.1, -0.05) is 41.1 Å². The first-order chi connectivity index (χ1) is 4.61. The van der Waals surface area contributed by atoms with Gasteiger partial charge in [-0.2, -0.15) is 0 Å². The first-order valence-corrected chi connectivity index (χ1v) is 5.17. The van der Waals surface area contributed by atoms with Crippen LogP contribution in [-0.2, 0) is 0 Å². The molecule has 0 aliphatic carbocycles. The van der Waals surface area contributed by atoms with Gasteiger partial charge in [0.05, 0.1) is 0 Å². The van der Waals surface area contributed by atoms with Gasteiger partial charge in [-0.15, -0.1) is 11.6 Å². The minimum atomic E-state index is 0.159. The highest BCUT2D eigenvalue weighted by Gasteiger charge is 2.27. The van der Waals surface area contributed by atoms with Crippen molar-refractivity contribution in [2.75, 3.05) is 0 Å². The van der Waals surface area contributed by atoms with Gasteiger partial charge in [0.2, 0.25) is 0 Å². The average Bonchev–Trinajstić information content (AvgIpc) is 1.82. The van der Waals surface area contributed by atoms with E-state index in [9.17, 15) is 0 Å². The van der Waals surface area contributed by atoms with Crippen LogP contribution in [0.3, 0.4) is 0 Å². The first kappa shape index (κ1) is 9.07. The van der Waals surface area contributed by atoms with Crippen LogP contribution in [0.1, 0.15) is 13.3 Å². The topological polar surface area (TPSA) is 12.4 Å². The molecule has 1 rings (SSSR count). The Morgan fingerprint density at radius 2 is 2.30 bits per heavy atom. The summed E-state index contributed by atoms with van der Waals surface area (Å²) in [6.07, 6.45) is 0.726. The number of alkyl halides is 2. The molecule has 1 nitrogen and oxygen atoms in total. The van der Waals surface area contributed by atoms with E-state index in [1.54, 1.807) is 0 Å². The van der Waals surface area contributed by atoms with E-state index in [2.05, 4.69) is 34.5 Å². The van der Waals surface area contributed by atoms with Gasteiger partial charge in [0, 0.05) is 17.7 Å².